The van der Waals surface area contributed by atoms with Crippen molar-refractivity contribution in [2.24, 2.45) is 5.73 Å². The van der Waals surface area contributed by atoms with Gasteiger partial charge in [0.15, 0.2) is 5.76 Å². The second-order valence-electron chi connectivity index (χ2n) is 7.32. The zero-order valence-corrected chi connectivity index (χ0v) is 19.0. The average molecular weight is 473 g/mol. The van der Waals surface area contributed by atoms with Crippen molar-refractivity contribution in [1.82, 2.24) is 0 Å². The van der Waals surface area contributed by atoms with E-state index in [9.17, 15) is 20.2 Å². The van der Waals surface area contributed by atoms with Crippen molar-refractivity contribution in [3.63, 3.8) is 0 Å². The number of benzene rings is 2. The predicted molar refractivity (Wildman–Crippen MR) is 130 cm³/mol. The molecule has 0 fully saturated rings. The van der Waals surface area contributed by atoms with Crippen molar-refractivity contribution in [2.75, 3.05) is 10.7 Å². The van der Waals surface area contributed by atoms with Gasteiger partial charge in [0.1, 0.15) is 0 Å². The summed E-state index contributed by atoms with van der Waals surface area (Å²) in [5.41, 5.74) is 7.93. The van der Waals surface area contributed by atoms with Crippen molar-refractivity contribution in [3.05, 3.63) is 116 Å². The number of carbonyl (C=O) groups excluding carboxylic acids is 1. The fraction of sp³-hybridized carbons (Fsp3) is 0.120. The van der Waals surface area contributed by atoms with Crippen LogP contribution >= 0.6 is 11.8 Å². The summed E-state index contributed by atoms with van der Waals surface area (Å²) in [5.74, 6) is 0.278. The van der Waals surface area contributed by atoms with Crippen LogP contribution in [0.1, 0.15) is 29.1 Å². The summed E-state index contributed by atoms with van der Waals surface area (Å²) in [6.07, 6.45) is 1.40. The number of thioether (sulfide) groups is 1. The normalized spacial score (nSPS) is 15.9. The molecule has 8 nitrogen and oxygen atoms in total. The quantitative estimate of drug-likeness (QED) is 0.278. The van der Waals surface area contributed by atoms with E-state index in [4.69, 9.17) is 10.2 Å². The van der Waals surface area contributed by atoms with Gasteiger partial charge in [-0.25, -0.2) is 0 Å². The minimum Gasteiger partial charge on any atom is -0.461 e. The maximum Gasteiger partial charge on any atom is 0.269 e. The number of ketones is 1. The molecule has 0 saturated carbocycles. The minimum absolute atomic E-state index is 0.0311. The smallest absolute Gasteiger partial charge is 0.269 e. The molecule has 0 radical (unpaired) electrons. The Morgan fingerprint density at radius 3 is 2.59 bits per heavy atom. The Morgan fingerprint density at radius 2 is 1.97 bits per heavy atom. The summed E-state index contributed by atoms with van der Waals surface area (Å²) >= 11 is 1.40. The second kappa shape index (κ2) is 9.68. The summed E-state index contributed by atoms with van der Waals surface area (Å²) in [5, 5.41) is 22.2. The third-order valence-corrected chi connectivity index (χ3v) is 6.29. The largest absolute Gasteiger partial charge is 0.461 e. The molecule has 1 atom stereocenters. The molecule has 170 valence electrons. The molecule has 0 saturated heterocycles. The number of non-ortho nitro benzene ring substituents is 1. The Morgan fingerprint density at radius 1 is 1.21 bits per heavy atom. The van der Waals surface area contributed by atoms with Crippen LogP contribution in [0.5, 0.6) is 0 Å². The van der Waals surface area contributed by atoms with Gasteiger partial charge >= 0.3 is 0 Å². The van der Waals surface area contributed by atoms with E-state index in [0.717, 1.165) is 0 Å². The van der Waals surface area contributed by atoms with Gasteiger partial charge in [-0.2, -0.15) is 5.26 Å². The highest BCUT2D eigenvalue weighted by atomic mass is 32.2. The number of nitro groups is 1. The zero-order chi connectivity index (χ0) is 24.2. The number of rotatable bonds is 7. The van der Waals surface area contributed by atoms with Crippen LogP contribution in [0.15, 0.2) is 99.3 Å². The van der Waals surface area contributed by atoms with E-state index in [0.29, 0.717) is 22.0 Å². The monoisotopic (exact) mass is 472 g/mol. The van der Waals surface area contributed by atoms with Crippen molar-refractivity contribution in [2.45, 2.75) is 13.0 Å². The number of hydrogen-bond donors (Lipinski definition) is 1. The molecule has 1 aromatic heterocycles. The number of hydrogen-bond acceptors (Lipinski definition) is 8. The first-order valence-electron chi connectivity index (χ1n) is 10.4. The van der Waals surface area contributed by atoms with Gasteiger partial charge in [0, 0.05) is 17.8 Å². The molecule has 9 heteroatoms. The maximum atomic E-state index is 13.5. The van der Waals surface area contributed by atoms with Gasteiger partial charge in [-0.3, -0.25) is 14.9 Å². The molecular weight excluding hydrogens is 452 g/mol. The number of anilines is 1. The number of nitrogens with zero attached hydrogens (tertiary/aromatic N) is 3. The number of nitriles is 1. The third-order valence-electron chi connectivity index (χ3n) is 5.33. The molecule has 0 spiro atoms. The minimum atomic E-state index is -0.769. The van der Waals surface area contributed by atoms with Gasteiger partial charge < -0.3 is 15.1 Å². The summed E-state index contributed by atoms with van der Waals surface area (Å²) in [4.78, 5) is 26.3. The van der Waals surface area contributed by atoms with Gasteiger partial charge in [0.25, 0.3) is 5.69 Å². The van der Waals surface area contributed by atoms with Gasteiger partial charge in [-0.05, 0) is 35.6 Å². The number of Topliss-reactive ketones (excluding diaryl/α,β-unsaturated/α-hetero) is 1. The fourth-order valence-corrected chi connectivity index (χ4v) is 4.86. The zero-order valence-electron chi connectivity index (χ0n) is 18.2. The van der Waals surface area contributed by atoms with Gasteiger partial charge in [0.2, 0.25) is 5.78 Å². The lowest BCUT2D eigenvalue weighted by molar-refractivity contribution is -0.384. The van der Waals surface area contributed by atoms with E-state index in [1.54, 1.807) is 24.3 Å². The van der Waals surface area contributed by atoms with Crippen LogP contribution < -0.4 is 10.6 Å². The van der Waals surface area contributed by atoms with Gasteiger partial charge in [-0.15, -0.1) is 11.8 Å². The summed E-state index contributed by atoms with van der Waals surface area (Å²) in [6, 6.07) is 19.9. The van der Waals surface area contributed by atoms with E-state index < -0.39 is 16.7 Å². The van der Waals surface area contributed by atoms with Crippen molar-refractivity contribution < 1.29 is 14.1 Å². The molecule has 1 unspecified atom stereocenters. The summed E-state index contributed by atoms with van der Waals surface area (Å²) < 4.78 is 5.34. The van der Waals surface area contributed by atoms with E-state index in [2.05, 4.69) is 6.07 Å². The first kappa shape index (κ1) is 22.9. The van der Waals surface area contributed by atoms with Crippen LogP contribution in [-0.4, -0.2) is 16.5 Å². The Hall–Kier alpha value is -4.29. The molecule has 2 aromatic carbocycles. The van der Waals surface area contributed by atoms with Crippen LogP contribution in [0, 0.1) is 21.4 Å². The number of nitro benzene ring substituents is 1. The molecule has 0 bridgehead atoms. The molecule has 1 aliphatic rings. The second-order valence-corrected chi connectivity index (χ2v) is 8.57. The van der Waals surface area contributed by atoms with Crippen molar-refractivity contribution in [3.8, 4) is 6.07 Å². The lowest BCUT2D eigenvalue weighted by Gasteiger charge is -2.40. The molecule has 2 heterocycles. The molecule has 1 aliphatic heterocycles. The standard InChI is InChI=1S/C25H20N4O4S/c1-2-34-25-21(24(30)20-12-7-13-33-20)22(27)19(15-26)23(28(25)17-9-4-3-5-10-17)16-8-6-11-18(14-16)29(31)32/h3-14,23H,2,27H2,1H3. The molecule has 4 rings (SSSR count). The molecule has 3 aromatic rings. The number of para-hydroxylation sites is 1. The Bertz CT molecular complexity index is 1340. The Balaban J connectivity index is 2.03. The topological polar surface area (TPSA) is 126 Å². The Labute approximate surface area is 200 Å². The lowest BCUT2D eigenvalue weighted by atomic mass is 9.88. The van der Waals surface area contributed by atoms with Gasteiger partial charge in [-0.1, -0.05) is 37.3 Å². The lowest BCUT2D eigenvalue weighted by Crippen LogP contribution is -2.36. The highest BCUT2D eigenvalue weighted by Gasteiger charge is 2.40. The average Bonchev–Trinajstić information content (AvgIpc) is 3.39. The molecular formula is C25H20N4O4S. The predicted octanol–water partition coefficient (Wildman–Crippen LogP) is 5.33. The van der Waals surface area contributed by atoms with Gasteiger partial charge in [0.05, 0.1) is 45.2 Å². The van der Waals surface area contributed by atoms with Crippen molar-refractivity contribution in [1.29, 1.82) is 5.26 Å². The van der Waals surface area contributed by atoms with E-state index >= 15 is 0 Å². The summed E-state index contributed by atoms with van der Waals surface area (Å²) in [6.45, 7) is 1.94. The number of allylic oxidation sites excluding steroid dienone is 1. The molecule has 0 aliphatic carbocycles. The highest BCUT2D eigenvalue weighted by Crippen LogP contribution is 2.47. The van der Waals surface area contributed by atoms with Crippen LogP contribution in [0.25, 0.3) is 0 Å². The first-order chi connectivity index (χ1) is 16.5. The third kappa shape index (κ3) is 4.07. The Kier molecular flexibility index (Phi) is 6.52. The SMILES string of the molecule is CCSC1=C(C(=O)c2ccco2)C(N)=C(C#N)C(c2cccc([N+](=O)[O-])c2)N1c1ccccc1. The number of furan rings is 1. The van der Waals surface area contributed by atoms with Crippen LogP contribution in [0.2, 0.25) is 0 Å². The first-order valence-corrected chi connectivity index (χ1v) is 11.4. The van der Waals surface area contributed by atoms with Crippen molar-refractivity contribution >= 4 is 28.9 Å². The van der Waals surface area contributed by atoms with Crippen LogP contribution in [-0.2, 0) is 0 Å². The highest BCUT2D eigenvalue weighted by molar-refractivity contribution is 8.03. The summed E-state index contributed by atoms with van der Waals surface area (Å²) in [7, 11) is 0. The number of nitrogens with two attached hydrogens (primary N) is 1. The van der Waals surface area contributed by atoms with E-state index in [-0.39, 0.29) is 28.3 Å². The molecule has 0 amide bonds. The van der Waals surface area contributed by atoms with Crippen LogP contribution in [0.3, 0.4) is 0 Å². The fourth-order valence-electron chi connectivity index (χ4n) is 3.89. The molecule has 2 N–H and O–H groups in total. The van der Waals surface area contributed by atoms with E-state index in [1.807, 2.05) is 42.2 Å². The molecule has 34 heavy (non-hydrogen) atoms. The maximum absolute atomic E-state index is 13.5. The number of carbonyl (C=O) groups is 1. The van der Waals surface area contributed by atoms with Crippen LogP contribution in [0.4, 0.5) is 11.4 Å². The van der Waals surface area contributed by atoms with E-state index in [1.165, 1.54) is 30.2 Å².